The number of carbonyl (C=O) groups is 1. The van der Waals surface area contributed by atoms with Crippen LogP contribution >= 0.6 is 12.4 Å². The van der Waals surface area contributed by atoms with Crippen molar-refractivity contribution in [2.24, 2.45) is 0 Å². The normalized spacial score (nSPS) is 15.2. The molecule has 0 unspecified atom stereocenters. The average Bonchev–Trinajstić information content (AvgIpc) is 2.52. The fourth-order valence-corrected chi connectivity index (χ4v) is 3.15. The van der Waals surface area contributed by atoms with Gasteiger partial charge in [0.15, 0.2) is 0 Å². The van der Waals surface area contributed by atoms with Gasteiger partial charge in [-0.3, -0.25) is 4.79 Å². The second-order valence-electron chi connectivity index (χ2n) is 5.99. The van der Waals surface area contributed by atoms with Gasteiger partial charge in [-0.05, 0) is 56.8 Å². The number of benzene rings is 1. The van der Waals surface area contributed by atoms with Crippen molar-refractivity contribution >= 4 is 18.3 Å². The van der Waals surface area contributed by atoms with E-state index in [9.17, 15) is 4.79 Å². The van der Waals surface area contributed by atoms with Crippen LogP contribution in [0, 0.1) is 6.92 Å². The first kappa shape index (κ1) is 19.0. The molecule has 0 radical (unpaired) electrons. The molecule has 124 valence electrons. The van der Waals surface area contributed by atoms with Crippen molar-refractivity contribution in [2.45, 2.75) is 52.0 Å². The number of carbonyl (C=O) groups excluding carboxylic acids is 1. The van der Waals surface area contributed by atoms with Gasteiger partial charge in [0.05, 0.1) is 0 Å². The summed E-state index contributed by atoms with van der Waals surface area (Å²) in [6.07, 6.45) is 4.72. The van der Waals surface area contributed by atoms with Gasteiger partial charge < -0.3 is 10.2 Å². The van der Waals surface area contributed by atoms with E-state index in [0.29, 0.717) is 18.4 Å². The Bertz CT molecular complexity index is 458. The highest BCUT2D eigenvalue weighted by Crippen LogP contribution is 2.16. The van der Waals surface area contributed by atoms with E-state index in [1.165, 1.54) is 11.1 Å². The smallest absolute Gasteiger partial charge is 0.223 e. The van der Waals surface area contributed by atoms with Crippen molar-refractivity contribution in [3.63, 3.8) is 0 Å². The zero-order valence-corrected chi connectivity index (χ0v) is 14.6. The summed E-state index contributed by atoms with van der Waals surface area (Å²) in [5.74, 6) is 0.326. The Balaban J connectivity index is 0.00000242. The van der Waals surface area contributed by atoms with Gasteiger partial charge >= 0.3 is 0 Å². The molecule has 1 N–H and O–H groups in total. The molecule has 4 heteroatoms. The summed E-state index contributed by atoms with van der Waals surface area (Å²) in [5, 5.41) is 3.38. The van der Waals surface area contributed by atoms with Gasteiger partial charge in [0.25, 0.3) is 0 Å². The minimum atomic E-state index is 0. The van der Waals surface area contributed by atoms with Crippen molar-refractivity contribution in [1.82, 2.24) is 10.2 Å². The molecule has 1 aliphatic heterocycles. The maximum absolute atomic E-state index is 12.6. The van der Waals surface area contributed by atoms with Gasteiger partial charge in [0, 0.05) is 19.0 Å². The second-order valence-corrected chi connectivity index (χ2v) is 5.99. The topological polar surface area (TPSA) is 32.3 Å². The van der Waals surface area contributed by atoms with E-state index in [0.717, 1.165) is 45.3 Å². The Morgan fingerprint density at radius 1 is 1.27 bits per heavy atom. The molecule has 0 aliphatic carbocycles. The molecule has 1 fully saturated rings. The molecule has 0 bridgehead atoms. The summed E-state index contributed by atoms with van der Waals surface area (Å²) in [5.41, 5.74) is 2.59. The SMILES string of the molecule is CCCN(C(=O)CCc1ccccc1C)C1CCNCC1.Cl. The summed E-state index contributed by atoms with van der Waals surface area (Å²) < 4.78 is 0. The summed E-state index contributed by atoms with van der Waals surface area (Å²) in [7, 11) is 0. The predicted octanol–water partition coefficient (Wildman–Crippen LogP) is 3.34. The zero-order chi connectivity index (χ0) is 15.1. The molecule has 0 aromatic heterocycles. The molecule has 1 aliphatic rings. The van der Waals surface area contributed by atoms with Crippen LogP contribution < -0.4 is 5.32 Å². The van der Waals surface area contributed by atoms with Crippen LogP contribution in [0.25, 0.3) is 0 Å². The fraction of sp³-hybridized carbons (Fsp3) is 0.611. The molecule has 1 heterocycles. The predicted molar refractivity (Wildman–Crippen MR) is 94.6 cm³/mol. The highest BCUT2D eigenvalue weighted by atomic mass is 35.5. The molecule has 1 aromatic rings. The molecular weight excluding hydrogens is 296 g/mol. The molecule has 0 atom stereocenters. The van der Waals surface area contributed by atoms with Crippen LogP contribution in [-0.4, -0.2) is 36.5 Å². The molecule has 1 saturated heterocycles. The van der Waals surface area contributed by atoms with Crippen LogP contribution in [0.1, 0.15) is 43.7 Å². The van der Waals surface area contributed by atoms with Gasteiger partial charge in [-0.15, -0.1) is 12.4 Å². The van der Waals surface area contributed by atoms with E-state index in [1.54, 1.807) is 0 Å². The first-order chi connectivity index (χ1) is 10.2. The van der Waals surface area contributed by atoms with Crippen molar-refractivity contribution in [3.05, 3.63) is 35.4 Å². The fourth-order valence-electron chi connectivity index (χ4n) is 3.15. The molecule has 1 aromatic carbocycles. The molecule has 0 saturated carbocycles. The van der Waals surface area contributed by atoms with Crippen molar-refractivity contribution < 1.29 is 4.79 Å². The lowest BCUT2D eigenvalue weighted by Gasteiger charge is -2.34. The van der Waals surface area contributed by atoms with E-state index in [4.69, 9.17) is 0 Å². The number of nitrogens with one attached hydrogen (secondary N) is 1. The minimum absolute atomic E-state index is 0. The maximum atomic E-state index is 12.6. The quantitative estimate of drug-likeness (QED) is 0.870. The average molecular weight is 325 g/mol. The highest BCUT2D eigenvalue weighted by molar-refractivity contribution is 5.85. The van der Waals surface area contributed by atoms with E-state index in [-0.39, 0.29) is 12.4 Å². The number of hydrogen-bond acceptors (Lipinski definition) is 2. The molecule has 2 rings (SSSR count). The lowest BCUT2D eigenvalue weighted by molar-refractivity contribution is -0.134. The van der Waals surface area contributed by atoms with E-state index < -0.39 is 0 Å². The Hall–Kier alpha value is -1.06. The monoisotopic (exact) mass is 324 g/mol. The standard InChI is InChI=1S/C18H28N2O.ClH/c1-3-14-20(17-10-12-19-13-11-17)18(21)9-8-16-7-5-4-6-15(16)2;/h4-7,17,19H,3,8-14H2,1-2H3;1H. The van der Waals surface area contributed by atoms with Crippen LogP contribution in [0.3, 0.4) is 0 Å². The Morgan fingerprint density at radius 2 is 1.95 bits per heavy atom. The summed E-state index contributed by atoms with van der Waals surface area (Å²) >= 11 is 0. The molecule has 3 nitrogen and oxygen atoms in total. The summed E-state index contributed by atoms with van der Waals surface area (Å²) in [4.78, 5) is 14.8. The Morgan fingerprint density at radius 3 is 2.59 bits per heavy atom. The third-order valence-electron chi connectivity index (χ3n) is 4.40. The van der Waals surface area contributed by atoms with Gasteiger partial charge in [-0.2, -0.15) is 0 Å². The highest BCUT2D eigenvalue weighted by Gasteiger charge is 2.24. The van der Waals surface area contributed by atoms with Gasteiger partial charge in [0.2, 0.25) is 5.91 Å². The number of amides is 1. The first-order valence-corrected chi connectivity index (χ1v) is 8.27. The van der Waals surface area contributed by atoms with Crippen LogP contribution in [-0.2, 0) is 11.2 Å². The molecular formula is C18H29ClN2O. The number of hydrogen-bond donors (Lipinski definition) is 1. The van der Waals surface area contributed by atoms with Crippen LogP contribution in [0.4, 0.5) is 0 Å². The third-order valence-corrected chi connectivity index (χ3v) is 4.40. The number of rotatable bonds is 6. The first-order valence-electron chi connectivity index (χ1n) is 8.27. The van der Waals surface area contributed by atoms with Crippen LogP contribution in [0.5, 0.6) is 0 Å². The van der Waals surface area contributed by atoms with E-state index in [1.807, 2.05) is 0 Å². The Kier molecular flexibility index (Phi) is 8.51. The molecule has 22 heavy (non-hydrogen) atoms. The van der Waals surface area contributed by atoms with Crippen LogP contribution in [0.15, 0.2) is 24.3 Å². The number of nitrogens with zero attached hydrogens (tertiary/aromatic N) is 1. The van der Waals surface area contributed by atoms with Crippen LogP contribution in [0.2, 0.25) is 0 Å². The molecule has 0 spiro atoms. The van der Waals surface area contributed by atoms with Gasteiger partial charge in [-0.25, -0.2) is 0 Å². The second kappa shape index (κ2) is 9.86. The van der Waals surface area contributed by atoms with Crippen molar-refractivity contribution in [1.29, 1.82) is 0 Å². The van der Waals surface area contributed by atoms with Gasteiger partial charge in [-0.1, -0.05) is 31.2 Å². The Labute approximate surface area is 140 Å². The third kappa shape index (κ3) is 5.29. The van der Waals surface area contributed by atoms with Crippen molar-refractivity contribution in [2.75, 3.05) is 19.6 Å². The molecule has 1 amide bonds. The lowest BCUT2D eigenvalue weighted by atomic mass is 10.0. The van der Waals surface area contributed by atoms with Crippen molar-refractivity contribution in [3.8, 4) is 0 Å². The van der Waals surface area contributed by atoms with E-state index >= 15 is 0 Å². The number of halogens is 1. The number of piperidine rings is 1. The zero-order valence-electron chi connectivity index (χ0n) is 13.8. The largest absolute Gasteiger partial charge is 0.340 e. The van der Waals surface area contributed by atoms with E-state index in [2.05, 4.69) is 48.3 Å². The number of aryl methyl sites for hydroxylation is 2. The van der Waals surface area contributed by atoms with Gasteiger partial charge in [0.1, 0.15) is 0 Å². The summed E-state index contributed by atoms with van der Waals surface area (Å²) in [6.45, 7) is 7.25. The summed E-state index contributed by atoms with van der Waals surface area (Å²) in [6, 6.07) is 8.81. The minimum Gasteiger partial charge on any atom is -0.340 e. The maximum Gasteiger partial charge on any atom is 0.223 e. The lowest BCUT2D eigenvalue weighted by Crippen LogP contribution is -2.46.